The number of hydrogen-bond donors (Lipinski definition) is 1. The van der Waals surface area contributed by atoms with Crippen molar-refractivity contribution in [2.75, 3.05) is 11.1 Å². The molecule has 146 valence electrons. The third kappa shape index (κ3) is 5.50. The van der Waals surface area contributed by atoms with Crippen LogP contribution in [0.2, 0.25) is 10.0 Å². The average Bonchev–Trinajstić information content (AvgIpc) is 2.98. The number of thioether (sulfide) groups is 1. The lowest BCUT2D eigenvalue weighted by molar-refractivity contribution is -0.125. The summed E-state index contributed by atoms with van der Waals surface area (Å²) in [7, 11) is 0. The second-order valence-electron chi connectivity index (χ2n) is 6.38. The summed E-state index contributed by atoms with van der Waals surface area (Å²) in [5.41, 5.74) is 2.55. The van der Waals surface area contributed by atoms with Crippen molar-refractivity contribution in [3.05, 3.63) is 63.6 Å². The first kappa shape index (κ1) is 20.7. The second kappa shape index (κ2) is 9.45. The molecular formula is C20H18Cl2N2O3S. The molecule has 2 aromatic carbocycles. The number of amides is 3. The molecule has 0 unspecified atom stereocenters. The van der Waals surface area contributed by atoms with Gasteiger partial charge >= 0.3 is 0 Å². The number of hydrogen-bond acceptors (Lipinski definition) is 4. The highest BCUT2D eigenvalue weighted by Gasteiger charge is 2.29. The van der Waals surface area contributed by atoms with E-state index in [4.69, 9.17) is 23.2 Å². The van der Waals surface area contributed by atoms with E-state index in [0.29, 0.717) is 28.6 Å². The lowest BCUT2D eigenvalue weighted by Gasteiger charge is -2.13. The van der Waals surface area contributed by atoms with E-state index in [2.05, 4.69) is 5.32 Å². The van der Waals surface area contributed by atoms with E-state index in [1.54, 1.807) is 30.3 Å². The highest BCUT2D eigenvalue weighted by Crippen LogP contribution is 2.24. The molecule has 0 aliphatic carbocycles. The summed E-state index contributed by atoms with van der Waals surface area (Å²) in [5, 5.41) is 3.66. The van der Waals surface area contributed by atoms with Gasteiger partial charge in [-0.3, -0.25) is 19.3 Å². The Balaban J connectivity index is 1.45. The van der Waals surface area contributed by atoms with Gasteiger partial charge in [0.15, 0.2) is 0 Å². The van der Waals surface area contributed by atoms with E-state index in [-0.39, 0.29) is 29.4 Å². The lowest BCUT2D eigenvalue weighted by Crippen LogP contribution is -2.27. The van der Waals surface area contributed by atoms with Crippen LogP contribution in [0.4, 0.5) is 10.5 Å². The molecular weight excluding hydrogens is 419 g/mol. The van der Waals surface area contributed by atoms with Crippen LogP contribution >= 0.6 is 35.0 Å². The van der Waals surface area contributed by atoms with E-state index < -0.39 is 0 Å². The molecule has 3 amide bonds. The topological polar surface area (TPSA) is 66.5 Å². The Morgan fingerprint density at radius 3 is 2.39 bits per heavy atom. The zero-order chi connectivity index (χ0) is 20.1. The van der Waals surface area contributed by atoms with Crippen molar-refractivity contribution in [2.45, 2.75) is 25.8 Å². The van der Waals surface area contributed by atoms with Crippen molar-refractivity contribution in [2.24, 2.45) is 0 Å². The number of carbonyl (C=O) groups is 3. The highest BCUT2D eigenvalue weighted by atomic mass is 35.5. The van der Waals surface area contributed by atoms with Crippen molar-refractivity contribution < 1.29 is 14.4 Å². The number of rotatable bonds is 7. The number of nitrogens with zero attached hydrogens (tertiary/aromatic N) is 1. The van der Waals surface area contributed by atoms with Crippen LogP contribution in [0.3, 0.4) is 0 Å². The van der Waals surface area contributed by atoms with E-state index in [1.807, 2.05) is 12.1 Å². The van der Waals surface area contributed by atoms with Crippen LogP contribution in [0.1, 0.15) is 24.0 Å². The minimum absolute atomic E-state index is 0.0749. The van der Waals surface area contributed by atoms with Gasteiger partial charge in [-0.1, -0.05) is 53.2 Å². The molecule has 0 bridgehead atoms. The standard InChI is InChI=1S/C20H18Cl2N2O3S/c21-16-9-6-13(10-17(16)22)2-1-3-18(25)23-15-7-4-14(5-8-15)11-24-19(26)12-28-20(24)27/h4-10H,1-3,11-12H2,(H,23,25). The Morgan fingerprint density at radius 1 is 1.04 bits per heavy atom. The normalized spacial score (nSPS) is 13.9. The summed E-state index contributed by atoms with van der Waals surface area (Å²) < 4.78 is 0. The first-order chi connectivity index (χ1) is 13.4. The van der Waals surface area contributed by atoms with Crippen LogP contribution in [0, 0.1) is 0 Å². The quantitative estimate of drug-likeness (QED) is 0.651. The van der Waals surface area contributed by atoms with Gasteiger partial charge in [-0.2, -0.15) is 0 Å². The molecule has 0 radical (unpaired) electrons. The van der Waals surface area contributed by atoms with Gasteiger partial charge in [0.1, 0.15) is 0 Å². The first-order valence-corrected chi connectivity index (χ1v) is 10.5. The fourth-order valence-corrected chi connectivity index (χ4v) is 3.83. The zero-order valence-corrected chi connectivity index (χ0v) is 17.2. The summed E-state index contributed by atoms with van der Waals surface area (Å²) in [4.78, 5) is 36.6. The van der Waals surface area contributed by atoms with Crippen molar-refractivity contribution in [1.29, 1.82) is 0 Å². The van der Waals surface area contributed by atoms with E-state index in [1.165, 1.54) is 4.90 Å². The molecule has 1 heterocycles. The third-order valence-electron chi connectivity index (χ3n) is 4.27. The molecule has 8 heteroatoms. The van der Waals surface area contributed by atoms with Gasteiger partial charge in [-0.05, 0) is 48.2 Å². The maximum absolute atomic E-state index is 12.1. The predicted molar refractivity (Wildman–Crippen MR) is 113 cm³/mol. The Labute approximate surface area is 177 Å². The average molecular weight is 437 g/mol. The summed E-state index contributed by atoms with van der Waals surface area (Å²) in [6, 6.07) is 12.6. The number of imide groups is 1. The maximum Gasteiger partial charge on any atom is 0.289 e. The summed E-state index contributed by atoms with van der Waals surface area (Å²) in [6.45, 7) is 0.253. The molecule has 1 saturated heterocycles. The monoisotopic (exact) mass is 436 g/mol. The fourth-order valence-electron chi connectivity index (χ4n) is 2.78. The Kier molecular flexibility index (Phi) is 6.99. The van der Waals surface area contributed by atoms with E-state index >= 15 is 0 Å². The van der Waals surface area contributed by atoms with Crippen molar-refractivity contribution >= 4 is 57.7 Å². The molecule has 1 fully saturated rings. The number of benzene rings is 2. The van der Waals surface area contributed by atoms with Crippen molar-refractivity contribution in [3.63, 3.8) is 0 Å². The second-order valence-corrected chi connectivity index (χ2v) is 8.12. The van der Waals surface area contributed by atoms with Gasteiger partial charge in [-0.25, -0.2) is 0 Å². The summed E-state index contributed by atoms with van der Waals surface area (Å²) >= 11 is 12.9. The summed E-state index contributed by atoms with van der Waals surface area (Å²) in [6.07, 6.45) is 1.81. The third-order valence-corrected chi connectivity index (χ3v) is 5.87. The number of halogens is 2. The lowest BCUT2D eigenvalue weighted by atomic mass is 10.1. The van der Waals surface area contributed by atoms with Crippen molar-refractivity contribution in [1.82, 2.24) is 4.90 Å². The van der Waals surface area contributed by atoms with Gasteiger partial charge in [0.25, 0.3) is 5.24 Å². The Morgan fingerprint density at radius 2 is 1.75 bits per heavy atom. The SMILES string of the molecule is O=C(CCCc1ccc(Cl)c(Cl)c1)Nc1ccc(CN2C(=O)CSC2=O)cc1. The molecule has 3 rings (SSSR count). The van der Waals surface area contributed by atoms with Crippen LogP contribution in [-0.2, 0) is 22.6 Å². The maximum atomic E-state index is 12.1. The number of anilines is 1. The zero-order valence-electron chi connectivity index (χ0n) is 14.9. The minimum atomic E-state index is -0.218. The van der Waals surface area contributed by atoms with Crippen molar-refractivity contribution in [3.8, 4) is 0 Å². The van der Waals surface area contributed by atoms with Gasteiger partial charge in [0, 0.05) is 12.1 Å². The molecule has 0 atom stereocenters. The Hall–Kier alpha value is -2.02. The molecule has 1 aliphatic heterocycles. The summed E-state index contributed by atoms with van der Waals surface area (Å²) in [5.74, 6) is -0.0432. The van der Waals surface area contributed by atoms with E-state index in [9.17, 15) is 14.4 Å². The van der Waals surface area contributed by atoms with Gasteiger partial charge in [-0.15, -0.1) is 0 Å². The fraction of sp³-hybridized carbons (Fsp3) is 0.250. The van der Waals surface area contributed by atoms with Gasteiger partial charge in [0.2, 0.25) is 11.8 Å². The number of carbonyl (C=O) groups excluding carboxylic acids is 3. The van der Waals surface area contributed by atoms with Crippen LogP contribution in [0.25, 0.3) is 0 Å². The molecule has 2 aromatic rings. The largest absolute Gasteiger partial charge is 0.326 e. The molecule has 1 N–H and O–H groups in total. The van der Waals surface area contributed by atoms with E-state index in [0.717, 1.165) is 29.3 Å². The van der Waals surface area contributed by atoms with Gasteiger partial charge < -0.3 is 5.32 Å². The van der Waals surface area contributed by atoms with Crippen LogP contribution in [0.5, 0.6) is 0 Å². The molecule has 5 nitrogen and oxygen atoms in total. The Bertz CT molecular complexity index is 887. The number of aryl methyl sites for hydroxylation is 1. The molecule has 0 spiro atoms. The minimum Gasteiger partial charge on any atom is -0.326 e. The number of nitrogens with one attached hydrogen (secondary N) is 1. The van der Waals surface area contributed by atoms with Gasteiger partial charge in [0.05, 0.1) is 22.3 Å². The molecule has 1 aliphatic rings. The smallest absolute Gasteiger partial charge is 0.289 e. The highest BCUT2D eigenvalue weighted by molar-refractivity contribution is 8.14. The first-order valence-electron chi connectivity index (χ1n) is 8.72. The van der Waals surface area contributed by atoms with Crippen LogP contribution < -0.4 is 5.32 Å². The predicted octanol–water partition coefficient (Wildman–Crippen LogP) is 5.15. The molecule has 0 saturated carbocycles. The van der Waals surface area contributed by atoms with Crippen LogP contribution in [0.15, 0.2) is 42.5 Å². The van der Waals surface area contributed by atoms with Crippen LogP contribution in [-0.4, -0.2) is 27.7 Å². The molecule has 0 aromatic heterocycles. The molecule has 28 heavy (non-hydrogen) atoms.